The molecular formula is C15H15N3O3. The number of hydrogen-bond donors (Lipinski definition) is 3. The van der Waals surface area contributed by atoms with Gasteiger partial charge in [-0.3, -0.25) is 4.98 Å². The van der Waals surface area contributed by atoms with Crippen molar-refractivity contribution < 1.29 is 14.7 Å². The number of carbonyl (C=O) groups excluding carboxylic acids is 1. The van der Waals surface area contributed by atoms with E-state index in [4.69, 9.17) is 5.11 Å². The molecule has 108 valence electrons. The molecule has 1 aromatic carbocycles. The molecule has 1 fully saturated rings. The normalized spacial score (nSPS) is 15.4. The molecule has 3 N–H and O–H groups in total. The SMILES string of the molecule is O=C(Nc1cccc2cccnc12)NC(C(=O)O)C1CC1. The van der Waals surface area contributed by atoms with Crippen molar-refractivity contribution in [2.24, 2.45) is 5.92 Å². The third kappa shape index (κ3) is 2.94. The zero-order valence-corrected chi connectivity index (χ0v) is 11.2. The van der Waals surface area contributed by atoms with Crippen molar-refractivity contribution in [3.05, 3.63) is 36.5 Å². The number of pyridine rings is 1. The van der Waals surface area contributed by atoms with Gasteiger partial charge < -0.3 is 15.7 Å². The van der Waals surface area contributed by atoms with Gasteiger partial charge >= 0.3 is 12.0 Å². The number of rotatable bonds is 4. The summed E-state index contributed by atoms with van der Waals surface area (Å²) in [5, 5.41) is 15.2. The van der Waals surface area contributed by atoms with Crippen LogP contribution in [-0.2, 0) is 4.79 Å². The van der Waals surface area contributed by atoms with Crippen LogP contribution in [0, 0.1) is 5.92 Å². The monoisotopic (exact) mass is 285 g/mol. The lowest BCUT2D eigenvalue weighted by Gasteiger charge is -2.15. The van der Waals surface area contributed by atoms with Crippen LogP contribution >= 0.6 is 0 Å². The van der Waals surface area contributed by atoms with Crippen LogP contribution in [-0.4, -0.2) is 28.1 Å². The predicted molar refractivity (Wildman–Crippen MR) is 78.0 cm³/mol. The van der Waals surface area contributed by atoms with Gasteiger partial charge in [0.1, 0.15) is 6.04 Å². The molecule has 3 rings (SSSR count). The van der Waals surface area contributed by atoms with Crippen molar-refractivity contribution in [3.8, 4) is 0 Å². The second kappa shape index (κ2) is 5.40. The van der Waals surface area contributed by atoms with E-state index in [1.54, 1.807) is 12.3 Å². The van der Waals surface area contributed by atoms with Gasteiger partial charge in [-0.25, -0.2) is 9.59 Å². The van der Waals surface area contributed by atoms with Crippen molar-refractivity contribution in [1.29, 1.82) is 0 Å². The van der Waals surface area contributed by atoms with Gasteiger partial charge in [-0.05, 0) is 30.9 Å². The van der Waals surface area contributed by atoms with Crippen LogP contribution in [0.2, 0.25) is 0 Å². The molecule has 1 aromatic heterocycles. The summed E-state index contributed by atoms with van der Waals surface area (Å²) in [5.74, 6) is -0.956. The minimum absolute atomic E-state index is 0.0406. The molecule has 1 aliphatic carbocycles. The van der Waals surface area contributed by atoms with Crippen LogP contribution in [0.1, 0.15) is 12.8 Å². The number of carboxylic acid groups (broad SMARTS) is 1. The fourth-order valence-corrected chi connectivity index (χ4v) is 2.32. The summed E-state index contributed by atoms with van der Waals surface area (Å²) in [4.78, 5) is 27.4. The minimum atomic E-state index is -0.997. The Morgan fingerprint density at radius 3 is 2.71 bits per heavy atom. The number of amides is 2. The van der Waals surface area contributed by atoms with Gasteiger partial charge in [-0.2, -0.15) is 0 Å². The van der Waals surface area contributed by atoms with E-state index in [0.29, 0.717) is 11.2 Å². The summed E-state index contributed by atoms with van der Waals surface area (Å²) in [6, 6.07) is 7.82. The number of urea groups is 1. The molecule has 1 unspecified atom stereocenters. The number of aliphatic carboxylic acids is 1. The number of fused-ring (bicyclic) bond motifs is 1. The molecule has 1 atom stereocenters. The van der Waals surface area contributed by atoms with Gasteiger partial charge in [0.05, 0.1) is 11.2 Å². The van der Waals surface area contributed by atoms with Crippen molar-refractivity contribution in [2.75, 3.05) is 5.32 Å². The summed E-state index contributed by atoms with van der Waals surface area (Å²) >= 11 is 0. The third-order valence-corrected chi connectivity index (χ3v) is 3.53. The predicted octanol–water partition coefficient (Wildman–Crippen LogP) is 2.22. The quantitative estimate of drug-likeness (QED) is 0.803. The van der Waals surface area contributed by atoms with Crippen LogP contribution in [0.25, 0.3) is 10.9 Å². The first-order chi connectivity index (χ1) is 10.1. The Balaban J connectivity index is 1.75. The highest BCUT2D eigenvalue weighted by atomic mass is 16.4. The maximum absolute atomic E-state index is 12.0. The molecule has 2 amide bonds. The molecule has 21 heavy (non-hydrogen) atoms. The topological polar surface area (TPSA) is 91.3 Å². The maximum atomic E-state index is 12.0. The largest absolute Gasteiger partial charge is 0.480 e. The van der Waals surface area contributed by atoms with Crippen molar-refractivity contribution in [2.45, 2.75) is 18.9 Å². The molecule has 2 aromatic rings. The molecule has 0 radical (unpaired) electrons. The number of aromatic nitrogens is 1. The summed E-state index contributed by atoms with van der Waals surface area (Å²) < 4.78 is 0. The number of carbonyl (C=O) groups is 2. The highest BCUT2D eigenvalue weighted by Gasteiger charge is 2.37. The lowest BCUT2D eigenvalue weighted by molar-refractivity contribution is -0.139. The van der Waals surface area contributed by atoms with E-state index < -0.39 is 18.0 Å². The molecule has 1 heterocycles. The van der Waals surface area contributed by atoms with E-state index >= 15 is 0 Å². The fraction of sp³-hybridized carbons (Fsp3) is 0.267. The van der Waals surface area contributed by atoms with Gasteiger partial charge in [0, 0.05) is 11.6 Å². The molecule has 1 saturated carbocycles. The molecule has 0 bridgehead atoms. The van der Waals surface area contributed by atoms with E-state index in [-0.39, 0.29) is 5.92 Å². The molecule has 6 heteroatoms. The number of carboxylic acids is 1. The molecular weight excluding hydrogens is 270 g/mol. The Hall–Kier alpha value is -2.63. The van der Waals surface area contributed by atoms with Gasteiger partial charge in [0.15, 0.2) is 0 Å². The minimum Gasteiger partial charge on any atom is -0.480 e. The van der Waals surface area contributed by atoms with Crippen molar-refractivity contribution in [3.63, 3.8) is 0 Å². The Morgan fingerprint density at radius 1 is 1.24 bits per heavy atom. The number of benzene rings is 1. The van der Waals surface area contributed by atoms with Crippen LogP contribution in [0.5, 0.6) is 0 Å². The Morgan fingerprint density at radius 2 is 2.00 bits per heavy atom. The van der Waals surface area contributed by atoms with E-state index in [2.05, 4.69) is 15.6 Å². The first-order valence-electron chi connectivity index (χ1n) is 6.79. The summed E-state index contributed by atoms with van der Waals surface area (Å²) in [5.41, 5.74) is 1.24. The number of para-hydroxylation sites is 1. The third-order valence-electron chi connectivity index (χ3n) is 3.53. The van der Waals surface area contributed by atoms with E-state index in [0.717, 1.165) is 18.2 Å². The molecule has 0 saturated heterocycles. The molecule has 0 aliphatic heterocycles. The van der Waals surface area contributed by atoms with Crippen LogP contribution in [0.15, 0.2) is 36.5 Å². The number of hydrogen-bond acceptors (Lipinski definition) is 3. The number of anilines is 1. The van der Waals surface area contributed by atoms with Gasteiger partial charge in [0.2, 0.25) is 0 Å². The highest BCUT2D eigenvalue weighted by Crippen LogP contribution is 2.32. The maximum Gasteiger partial charge on any atom is 0.326 e. The number of nitrogens with zero attached hydrogens (tertiary/aromatic N) is 1. The first kappa shape index (κ1) is 13.4. The zero-order valence-electron chi connectivity index (χ0n) is 11.2. The van der Waals surface area contributed by atoms with Gasteiger partial charge in [-0.1, -0.05) is 18.2 Å². The van der Waals surface area contributed by atoms with Gasteiger partial charge in [0.25, 0.3) is 0 Å². The van der Waals surface area contributed by atoms with Crippen LogP contribution in [0.3, 0.4) is 0 Å². The summed E-state index contributed by atoms with van der Waals surface area (Å²) in [6.45, 7) is 0. The molecule has 6 nitrogen and oxygen atoms in total. The Labute approximate surface area is 121 Å². The standard InChI is InChI=1S/C15H15N3O3/c19-14(20)13(10-6-7-10)18-15(21)17-11-5-1-3-9-4-2-8-16-12(9)11/h1-5,8,10,13H,6-7H2,(H,19,20)(H2,17,18,21). The number of nitrogens with one attached hydrogen (secondary N) is 2. The van der Waals surface area contributed by atoms with E-state index in [1.807, 2.05) is 24.3 Å². The lowest BCUT2D eigenvalue weighted by Crippen LogP contribution is -2.44. The lowest BCUT2D eigenvalue weighted by atomic mass is 10.2. The van der Waals surface area contributed by atoms with Gasteiger partial charge in [-0.15, -0.1) is 0 Å². The van der Waals surface area contributed by atoms with Crippen LogP contribution < -0.4 is 10.6 Å². The average molecular weight is 285 g/mol. The second-order valence-corrected chi connectivity index (χ2v) is 5.13. The summed E-state index contributed by atoms with van der Waals surface area (Å²) in [6.07, 6.45) is 3.33. The Kier molecular flexibility index (Phi) is 3.43. The van der Waals surface area contributed by atoms with Crippen LogP contribution in [0.4, 0.5) is 10.5 Å². The average Bonchev–Trinajstić information content (AvgIpc) is 3.29. The molecule has 0 spiro atoms. The molecule has 1 aliphatic rings. The zero-order chi connectivity index (χ0) is 14.8. The smallest absolute Gasteiger partial charge is 0.326 e. The second-order valence-electron chi connectivity index (χ2n) is 5.13. The first-order valence-corrected chi connectivity index (χ1v) is 6.79. The fourth-order valence-electron chi connectivity index (χ4n) is 2.32. The van der Waals surface area contributed by atoms with Crippen molar-refractivity contribution >= 4 is 28.6 Å². The highest BCUT2D eigenvalue weighted by molar-refractivity contribution is 6.00. The summed E-state index contributed by atoms with van der Waals surface area (Å²) in [7, 11) is 0. The Bertz CT molecular complexity index is 692. The van der Waals surface area contributed by atoms with E-state index in [1.165, 1.54) is 0 Å². The van der Waals surface area contributed by atoms with Crippen molar-refractivity contribution in [1.82, 2.24) is 10.3 Å². The van der Waals surface area contributed by atoms with E-state index in [9.17, 15) is 9.59 Å².